The number of halogens is 3. The maximum Gasteiger partial charge on any atom is 0.433 e. The topological polar surface area (TPSA) is 25.4 Å². The van der Waals surface area contributed by atoms with Crippen LogP contribution in [0.25, 0.3) is 10.9 Å². The first-order valence-corrected chi connectivity index (χ1v) is 9.39. The van der Waals surface area contributed by atoms with Crippen LogP contribution in [0.3, 0.4) is 0 Å². The predicted molar refractivity (Wildman–Crippen MR) is 102 cm³/mol. The standard InChI is InChI=1S/C22H21F3N2O/c23-22(24,25)21-14-20(18-8-4-5-9-19(18)26-21)28-17-10-12-27(13-11-17)15-16-6-2-1-3-7-16/h1-9,14,17H,10-13,15H2. The molecule has 0 spiro atoms. The van der Waals surface area contributed by atoms with Crippen LogP contribution < -0.4 is 4.74 Å². The zero-order chi connectivity index (χ0) is 19.6. The third kappa shape index (κ3) is 4.28. The highest BCUT2D eigenvalue weighted by Gasteiger charge is 2.34. The van der Waals surface area contributed by atoms with Crippen LogP contribution in [-0.2, 0) is 12.7 Å². The SMILES string of the molecule is FC(F)(F)c1cc(OC2CCN(Cc3ccccc3)CC2)c2ccccc2n1. The Bertz CT molecular complexity index is 935. The number of alkyl halides is 3. The van der Waals surface area contributed by atoms with Crippen molar-refractivity contribution in [2.75, 3.05) is 13.1 Å². The molecular weight excluding hydrogens is 365 g/mol. The van der Waals surface area contributed by atoms with Crippen LogP contribution >= 0.6 is 0 Å². The summed E-state index contributed by atoms with van der Waals surface area (Å²) in [6.45, 7) is 2.59. The highest BCUT2D eigenvalue weighted by Crippen LogP contribution is 2.35. The number of rotatable bonds is 4. The van der Waals surface area contributed by atoms with Gasteiger partial charge in [-0.05, 0) is 30.5 Å². The minimum absolute atomic E-state index is 0.0982. The lowest BCUT2D eigenvalue weighted by Gasteiger charge is -2.32. The van der Waals surface area contributed by atoms with Gasteiger partial charge < -0.3 is 4.74 Å². The molecule has 0 radical (unpaired) electrons. The van der Waals surface area contributed by atoms with Crippen molar-refractivity contribution in [3.05, 3.63) is 71.9 Å². The third-order valence-electron chi connectivity index (χ3n) is 5.05. The average Bonchev–Trinajstić information content (AvgIpc) is 2.69. The zero-order valence-electron chi connectivity index (χ0n) is 15.3. The Hall–Kier alpha value is -2.60. The van der Waals surface area contributed by atoms with E-state index in [-0.39, 0.29) is 11.9 Å². The van der Waals surface area contributed by atoms with Gasteiger partial charge in [-0.1, -0.05) is 42.5 Å². The van der Waals surface area contributed by atoms with Gasteiger partial charge in [-0.2, -0.15) is 13.2 Å². The van der Waals surface area contributed by atoms with Crippen molar-refractivity contribution in [3.63, 3.8) is 0 Å². The molecule has 3 aromatic rings. The summed E-state index contributed by atoms with van der Waals surface area (Å²) in [5, 5.41) is 0.613. The van der Waals surface area contributed by atoms with Crippen molar-refractivity contribution in [1.29, 1.82) is 0 Å². The quantitative estimate of drug-likeness (QED) is 0.609. The molecule has 28 heavy (non-hydrogen) atoms. The van der Waals surface area contributed by atoms with Crippen molar-refractivity contribution in [3.8, 4) is 5.75 Å². The van der Waals surface area contributed by atoms with Gasteiger partial charge in [-0.15, -0.1) is 0 Å². The van der Waals surface area contributed by atoms with Crippen LogP contribution in [0, 0.1) is 0 Å². The van der Waals surface area contributed by atoms with Crippen LogP contribution in [0.5, 0.6) is 5.75 Å². The van der Waals surface area contributed by atoms with Crippen molar-refractivity contribution in [1.82, 2.24) is 9.88 Å². The van der Waals surface area contributed by atoms with Crippen molar-refractivity contribution in [2.45, 2.75) is 31.7 Å². The van der Waals surface area contributed by atoms with E-state index >= 15 is 0 Å². The Balaban J connectivity index is 1.47. The summed E-state index contributed by atoms with van der Waals surface area (Å²) in [4.78, 5) is 6.09. The first-order valence-electron chi connectivity index (χ1n) is 9.39. The number of pyridine rings is 1. The molecule has 1 aliphatic rings. The molecule has 1 saturated heterocycles. The average molecular weight is 386 g/mol. The van der Waals surface area contributed by atoms with E-state index in [9.17, 15) is 13.2 Å². The van der Waals surface area contributed by atoms with E-state index in [1.54, 1.807) is 24.3 Å². The summed E-state index contributed by atoms with van der Waals surface area (Å²) in [5.74, 6) is 0.263. The molecule has 0 atom stereocenters. The summed E-state index contributed by atoms with van der Waals surface area (Å²) in [7, 11) is 0. The lowest BCUT2D eigenvalue weighted by molar-refractivity contribution is -0.141. The summed E-state index contributed by atoms with van der Waals surface area (Å²) >= 11 is 0. The number of fused-ring (bicyclic) bond motifs is 1. The second-order valence-corrected chi connectivity index (χ2v) is 7.10. The molecule has 0 N–H and O–H groups in total. The van der Waals surface area contributed by atoms with E-state index in [1.165, 1.54) is 5.56 Å². The predicted octanol–water partition coefficient (Wildman–Crippen LogP) is 5.30. The van der Waals surface area contributed by atoms with Gasteiger partial charge in [0.05, 0.1) is 5.52 Å². The Morgan fingerprint density at radius 2 is 1.64 bits per heavy atom. The second-order valence-electron chi connectivity index (χ2n) is 7.10. The molecule has 2 aromatic carbocycles. The highest BCUT2D eigenvalue weighted by atomic mass is 19.4. The summed E-state index contributed by atoms with van der Waals surface area (Å²) in [5.41, 5.74) is 0.647. The van der Waals surface area contributed by atoms with E-state index in [0.29, 0.717) is 10.9 Å². The second kappa shape index (κ2) is 7.80. The molecule has 1 aliphatic heterocycles. The maximum atomic E-state index is 13.2. The van der Waals surface area contributed by atoms with E-state index in [1.807, 2.05) is 18.2 Å². The first-order chi connectivity index (χ1) is 13.5. The van der Waals surface area contributed by atoms with E-state index in [4.69, 9.17) is 4.74 Å². The van der Waals surface area contributed by atoms with Gasteiger partial charge in [-0.3, -0.25) is 4.90 Å². The summed E-state index contributed by atoms with van der Waals surface area (Å²) in [6, 6.07) is 18.1. The number of likely N-dealkylation sites (tertiary alicyclic amines) is 1. The molecule has 0 unspecified atom stereocenters. The van der Waals surface area contributed by atoms with Crippen LogP contribution in [0.2, 0.25) is 0 Å². The van der Waals surface area contributed by atoms with Crippen molar-refractivity contribution in [2.24, 2.45) is 0 Å². The molecule has 2 heterocycles. The number of benzene rings is 2. The number of hydrogen-bond acceptors (Lipinski definition) is 3. The van der Waals surface area contributed by atoms with Gasteiger partial charge in [0.2, 0.25) is 0 Å². The number of piperidine rings is 1. The lowest BCUT2D eigenvalue weighted by atomic mass is 10.1. The Morgan fingerprint density at radius 1 is 0.964 bits per heavy atom. The van der Waals surface area contributed by atoms with Gasteiger partial charge in [0, 0.05) is 31.1 Å². The van der Waals surface area contributed by atoms with Gasteiger partial charge in [0.1, 0.15) is 17.5 Å². The monoisotopic (exact) mass is 386 g/mol. The zero-order valence-corrected chi connectivity index (χ0v) is 15.3. The van der Waals surface area contributed by atoms with Gasteiger partial charge in [0.15, 0.2) is 0 Å². The normalized spacial score (nSPS) is 16.4. The number of aromatic nitrogens is 1. The van der Waals surface area contributed by atoms with Crippen LogP contribution in [-0.4, -0.2) is 29.1 Å². The third-order valence-corrected chi connectivity index (χ3v) is 5.05. The minimum atomic E-state index is -4.50. The number of para-hydroxylation sites is 1. The van der Waals surface area contributed by atoms with Crippen molar-refractivity contribution >= 4 is 10.9 Å². The fourth-order valence-electron chi connectivity index (χ4n) is 3.59. The lowest BCUT2D eigenvalue weighted by Crippen LogP contribution is -2.37. The molecule has 0 bridgehead atoms. The first kappa shape index (κ1) is 18.7. The summed E-state index contributed by atoms with van der Waals surface area (Å²) in [6.07, 6.45) is -3.03. The van der Waals surface area contributed by atoms with Gasteiger partial charge >= 0.3 is 6.18 Å². The smallest absolute Gasteiger partial charge is 0.433 e. The molecule has 1 fully saturated rings. The number of ether oxygens (including phenoxy) is 1. The molecule has 6 heteroatoms. The number of nitrogens with zero attached hydrogens (tertiary/aromatic N) is 2. The number of hydrogen-bond donors (Lipinski definition) is 0. The molecule has 1 aromatic heterocycles. The van der Waals surface area contributed by atoms with E-state index in [0.717, 1.165) is 38.5 Å². The summed E-state index contributed by atoms with van der Waals surface area (Å²) < 4.78 is 45.7. The molecule has 0 aliphatic carbocycles. The molecule has 0 amide bonds. The fourth-order valence-corrected chi connectivity index (χ4v) is 3.59. The maximum absolute atomic E-state index is 13.2. The van der Waals surface area contributed by atoms with Gasteiger partial charge in [-0.25, -0.2) is 4.98 Å². The van der Waals surface area contributed by atoms with E-state index < -0.39 is 11.9 Å². The van der Waals surface area contributed by atoms with Crippen LogP contribution in [0.4, 0.5) is 13.2 Å². The highest BCUT2D eigenvalue weighted by molar-refractivity contribution is 5.85. The Morgan fingerprint density at radius 3 is 2.36 bits per heavy atom. The molecule has 4 rings (SSSR count). The minimum Gasteiger partial charge on any atom is -0.490 e. The molecule has 3 nitrogen and oxygen atoms in total. The van der Waals surface area contributed by atoms with Crippen LogP contribution in [0.1, 0.15) is 24.1 Å². The van der Waals surface area contributed by atoms with Crippen LogP contribution in [0.15, 0.2) is 60.7 Å². The fraction of sp³-hybridized carbons (Fsp3) is 0.318. The van der Waals surface area contributed by atoms with Gasteiger partial charge in [0.25, 0.3) is 0 Å². The van der Waals surface area contributed by atoms with Crippen molar-refractivity contribution < 1.29 is 17.9 Å². The Labute approximate surface area is 161 Å². The Kier molecular flexibility index (Phi) is 5.22. The largest absolute Gasteiger partial charge is 0.490 e. The van der Waals surface area contributed by atoms with E-state index in [2.05, 4.69) is 22.0 Å². The molecular formula is C22H21F3N2O. The molecule has 146 valence electrons. The molecule has 0 saturated carbocycles.